The number of piperazine rings is 1. The smallest absolute Gasteiger partial charge is 0.243 e. The van der Waals surface area contributed by atoms with E-state index in [1.807, 2.05) is 6.07 Å². The van der Waals surface area contributed by atoms with Crippen molar-refractivity contribution in [2.24, 2.45) is 0 Å². The molecule has 164 valence electrons. The van der Waals surface area contributed by atoms with E-state index in [4.69, 9.17) is 17.0 Å². The topological polar surface area (TPSA) is 59.7 Å². The Balaban J connectivity index is 1.42. The van der Waals surface area contributed by atoms with E-state index in [1.54, 1.807) is 28.6 Å². The lowest BCUT2D eigenvalue weighted by Gasteiger charge is -2.34. The molecule has 0 aliphatic carbocycles. The molecule has 0 amide bonds. The number of rotatable bonds is 6. The van der Waals surface area contributed by atoms with Crippen LogP contribution in [0.5, 0.6) is 0 Å². The Bertz CT molecular complexity index is 1030. The Morgan fingerprint density at radius 1 is 1.03 bits per heavy atom. The van der Waals surface area contributed by atoms with Gasteiger partial charge in [0.2, 0.25) is 10.0 Å². The number of imidazole rings is 1. The zero-order chi connectivity index (χ0) is 21.3. The fraction of sp³-hybridized carbons (Fsp3) is 0.571. The highest BCUT2D eigenvalue weighted by Gasteiger charge is 2.29. The monoisotopic (exact) mass is 450 g/mol. The van der Waals surface area contributed by atoms with Crippen molar-refractivity contribution in [2.45, 2.75) is 50.9 Å². The van der Waals surface area contributed by atoms with E-state index in [-0.39, 0.29) is 6.10 Å². The van der Waals surface area contributed by atoms with E-state index < -0.39 is 10.0 Å². The molecular formula is C21H30N4O3S2. The van der Waals surface area contributed by atoms with Gasteiger partial charge < -0.3 is 13.9 Å². The zero-order valence-electron chi connectivity index (χ0n) is 17.7. The Morgan fingerprint density at radius 3 is 2.33 bits per heavy atom. The zero-order valence-corrected chi connectivity index (χ0v) is 19.3. The van der Waals surface area contributed by atoms with Gasteiger partial charge in [0, 0.05) is 44.2 Å². The predicted molar refractivity (Wildman–Crippen MR) is 118 cm³/mol. The van der Waals surface area contributed by atoms with E-state index >= 15 is 0 Å². The van der Waals surface area contributed by atoms with Crippen molar-refractivity contribution < 1.29 is 13.2 Å². The first-order chi connectivity index (χ1) is 14.4. The fourth-order valence-electron chi connectivity index (χ4n) is 4.25. The molecule has 2 aliphatic heterocycles. The van der Waals surface area contributed by atoms with Crippen LogP contribution in [0.15, 0.2) is 35.2 Å². The Kier molecular flexibility index (Phi) is 6.45. The summed E-state index contributed by atoms with van der Waals surface area (Å²) in [6, 6.07) is 8.66. The van der Waals surface area contributed by atoms with Gasteiger partial charge in [0.15, 0.2) is 4.77 Å². The maximum absolute atomic E-state index is 12.8. The molecule has 4 rings (SSSR count). The van der Waals surface area contributed by atoms with E-state index in [1.165, 1.54) is 5.69 Å². The molecule has 2 aliphatic rings. The molecule has 7 nitrogen and oxygen atoms in total. The van der Waals surface area contributed by atoms with Crippen LogP contribution in [-0.2, 0) is 28.0 Å². The van der Waals surface area contributed by atoms with Gasteiger partial charge in [-0.1, -0.05) is 18.2 Å². The first-order valence-corrected chi connectivity index (χ1v) is 12.4. The minimum Gasteiger partial charge on any atom is -0.376 e. The van der Waals surface area contributed by atoms with Gasteiger partial charge in [-0.3, -0.25) is 4.90 Å². The summed E-state index contributed by atoms with van der Waals surface area (Å²) >= 11 is 5.79. The number of nitrogens with zero attached hydrogens (tertiary/aromatic N) is 4. The second kappa shape index (κ2) is 8.92. The molecular weight excluding hydrogens is 420 g/mol. The average Bonchev–Trinajstić information content (AvgIpc) is 3.34. The van der Waals surface area contributed by atoms with Gasteiger partial charge in [-0.25, -0.2) is 8.42 Å². The van der Waals surface area contributed by atoms with E-state index in [0.29, 0.717) is 37.7 Å². The summed E-state index contributed by atoms with van der Waals surface area (Å²) in [6.45, 7) is 8.89. The van der Waals surface area contributed by atoms with Crippen LogP contribution < -0.4 is 0 Å². The molecule has 1 aromatic carbocycles. The normalized spacial score (nSPS) is 21.3. The van der Waals surface area contributed by atoms with Crippen molar-refractivity contribution in [1.82, 2.24) is 18.3 Å². The number of ether oxygens (including phenoxy) is 1. The lowest BCUT2D eigenvalue weighted by molar-refractivity contribution is 0.0957. The van der Waals surface area contributed by atoms with Crippen LogP contribution in [0.3, 0.4) is 0 Å². The molecule has 9 heteroatoms. The second-order valence-electron chi connectivity index (χ2n) is 8.10. The highest BCUT2D eigenvalue weighted by atomic mass is 32.2. The lowest BCUT2D eigenvalue weighted by Crippen LogP contribution is -2.48. The molecule has 0 unspecified atom stereocenters. The van der Waals surface area contributed by atoms with Crippen LogP contribution >= 0.6 is 12.2 Å². The Morgan fingerprint density at radius 2 is 1.70 bits per heavy atom. The van der Waals surface area contributed by atoms with Gasteiger partial charge in [-0.05, 0) is 51.0 Å². The van der Waals surface area contributed by atoms with Gasteiger partial charge in [-0.15, -0.1) is 0 Å². The molecule has 0 bridgehead atoms. The van der Waals surface area contributed by atoms with Crippen molar-refractivity contribution in [2.75, 3.05) is 32.8 Å². The minimum atomic E-state index is -3.43. The lowest BCUT2D eigenvalue weighted by atomic mass is 10.2. The number of sulfonamides is 1. The number of benzene rings is 1. The van der Waals surface area contributed by atoms with Crippen LogP contribution in [0.25, 0.3) is 0 Å². The highest BCUT2D eigenvalue weighted by Crippen LogP contribution is 2.21. The summed E-state index contributed by atoms with van der Waals surface area (Å²) in [6.07, 6.45) is 2.45. The maximum Gasteiger partial charge on any atom is 0.243 e. The first-order valence-electron chi connectivity index (χ1n) is 10.5. The highest BCUT2D eigenvalue weighted by molar-refractivity contribution is 7.89. The molecule has 2 saturated heterocycles. The van der Waals surface area contributed by atoms with Crippen LogP contribution in [0.1, 0.15) is 24.2 Å². The van der Waals surface area contributed by atoms with Crippen molar-refractivity contribution in [3.05, 3.63) is 46.5 Å². The second-order valence-corrected chi connectivity index (χ2v) is 10.4. The SMILES string of the molecule is Cc1c(C)n(CN2CCN(S(=O)(=O)c3ccccc3)CC2)c(=S)n1C[C@@H]1CCCO1. The van der Waals surface area contributed by atoms with Crippen molar-refractivity contribution >= 4 is 22.2 Å². The molecule has 30 heavy (non-hydrogen) atoms. The summed E-state index contributed by atoms with van der Waals surface area (Å²) in [5.74, 6) is 0. The molecule has 0 N–H and O–H groups in total. The maximum atomic E-state index is 12.8. The molecule has 3 heterocycles. The third-order valence-electron chi connectivity index (χ3n) is 6.26. The molecule has 0 spiro atoms. The van der Waals surface area contributed by atoms with Gasteiger partial charge in [0.05, 0.1) is 24.2 Å². The third-order valence-corrected chi connectivity index (χ3v) is 8.61. The number of hydrogen-bond acceptors (Lipinski definition) is 5. The van der Waals surface area contributed by atoms with Crippen LogP contribution in [0.4, 0.5) is 0 Å². The number of hydrogen-bond donors (Lipinski definition) is 0. The van der Waals surface area contributed by atoms with E-state index in [2.05, 4.69) is 27.9 Å². The van der Waals surface area contributed by atoms with Gasteiger partial charge in [0.25, 0.3) is 0 Å². The molecule has 0 saturated carbocycles. The average molecular weight is 451 g/mol. The van der Waals surface area contributed by atoms with Crippen LogP contribution in [-0.4, -0.2) is 65.6 Å². The summed E-state index contributed by atoms with van der Waals surface area (Å²) in [5.41, 5.74) is 2.35. The Hall–Kier alpha value is -1.52. The summed E-state index contributed by atoms with van der Waals surface area (Å²) in [4.78, 5) is 2.63. The minimum absolute atomic E-state index is 0.248. The van der Waals surface area contributed by atoms with Crippen molar-refractivity contribution in [1.29, 1.82) is 0 Å². The summed E-state index contributed by atoms with van der Waals surface area (Å²) in [7, 11) is -3.43. The van der Waals surface area contributed by atoms with Crippen molar-refractivity contribution in [3.63, 3.8) is 0 Å². The Labute approximate surface area is 183 Å². The summed E-state index contributed by atoms with van der Waals surface area (Å²) < 4.78 is 38.2. The van der Waals surface area contributed by atoms with Gasteiger partial charge in [-0.2, -0.15) is 4.31 Å². The molecule has 1 aromatic heterocycles. The van der Waals surface area contributed by atoms with E-state index in [9.17, 15) is 8.42 Å². The molecule has 2 fully saturated rings. The van der Waals surface area contributed by atoms with Gasteiger partial charge >= 0.3 is 0 Å². The quantitative estimate of drug-likeness (QED) is 0.634. The first kappa shape index (κ1) is 21.7. The third kappa shape index (κ3) is 4.27. The van der Waals surface area contributed by atoms with Crippen LogP contribution in [0, 0.1) is 18.6 Å². The standard InChI is InChI=1S/C21H30N4O3S2/c1-17-18(2)25(21(29)24(17)15-19-7-6-14-28-19)16-22-10-12-23(13-11-22)30(26,27)20-8-4-3-5-9-20/h3-5,8-9,19H,6-7,10-16H2,1-2H3/t19-/m0/s1. The molecule has 2 aromatic rings. The van der Waals surface area contributed by atoms with Crippen LogP contribution in [0.2, 0.25) is 0 Å². The molecule has 1 atom stereocenters. The molecule has 0 radical (unpaired) electrons. The van der Waals surface area contributed by atoms with Crippen molar-refractivity contribution in [3.8, 4) is 0 Å². The van der Waals surface area contributed by atoms with E-state index in [0.717, 1.165) is 36.5 Å². The predicted octanol–water partition coefficient (Wildman–Crippen LogP) is 2.78. The fourth-order valence-corrected chi connectivity index (χ4v) is 6.10. The van der Waals surface area contributed by atoms with Gasteiger partial charge in [0.1, 0.15) is 0 Å². The number of aromatic nitrogens is 2. The largest absolute Gasteiger partial charge is 0.376 e. The summed E-state index contributed by atoms with van der Waals surface area (Å²) in [5, 5.41) is 0.